The van der Waals surface area contributed by atoms with Crippen molar-refractivity contribution < 1.29 is 0 Å². The SMILES string of the molecule is CC=C(C)[SiH2]CCCCCCCC[Si](C)(C)N(CC)CC. The Morgan fingerprint density at radius 1 is 0.952 bits per heavy atom. The van der Waals surface area contributed by atoms with Gasteiger partial charge in [0, 0.05) is 9.52 Å². The van der Waals surface area contributed by atoms with E-state index in [1.54, 1.807) is 5.20 Å². The van der Waals surface area contributed by atoms with Crippen LogP contribution in [-0.2, 0) is 0 Å². The molecular formula is C18H41NSi2. The third-order valence-electron chi connectivity index (χ3n) is 4.97. The van der Waals surface area contributed by atoms with Gasteiger partial charge in [0.1, 0.15) is 8.24 Å². The predicted octanol–water partition coefficient (Wildman–Crippen LogP) is 5.38. The van der Waals surface area contributed by atoms with Crippen molar-refractivity contribution in [3.63, 3.8) is 0 Å². The van der Waals surface area contributed by atoms with E-state index in [1.807, 2.05) is 0 Å². The van der Waals surface area contributed by atoms with Gasteiger partial charge in [-0.25, -0.2) is 0 Å². The van der Waals surface area contributed by atoms with Gasteiger partial charge in [-0.15, -0.1) is 0 Å². The molecule has 0 aromatic carbocycles. The van der Waals surface area contributed by atoms with Crippen LogP contribution in [0.1, 0.15) is 66.2 Å². The van der Waals surface area contributed by atoms with Crippen LogP contribution in [0.2, 0.25) is 25.2 Å². The van der Waals surface area contributed by atoms with Crippen molar-refractivity contribution in [3.8, 4) is 0 Å². The molecule has 0 heterocycles. The lowest BCUT2D eigenvalue weighted by molar-refractivity contribution is 0.461. The fourth-order valence-corrected chi connectivity index (χ4v) is 7.82. The Kier molecular flexibility index (Phi) is 12.7. The van der Waals surface area contributed by atoms with Gasteiger partial charge in [0.15, 0.2) is 0 Å². The topological polar surface area (TPSA) is 3.24 Å². The minimum Gasteiger partial charge on any atom is -0.324 e. The number of allylic oxidation sites excluding steroid dienone is 2. The fraction of sp³-hybridized carbons (Fsp3) is 0.889. The third-order valence-corrected chi connectivity index (χ3v) is 10.9. The van der Waals surface area contributed by atoms with Crippen LogP contribution in [0.3, 0.4) is 0 Å². The molecule has 3 heteroatoms. The van der Waals surface area contributed by atoms with E-state index in [9.17, 15) is 0 Å². The highest BCUT2D eigenvalue weighted by Gasteiger charge is 2.26. The van der Waals surface area contributed by atoms with E-state index in [2.05, 4.69) is 51.4 Å². The molecule has 0 aliphatic rings. The summed E-state index contributed by atoms with van der Waals surface area (Å²) in [5, 5.41) is 1.69. The number of hydrogen-bond acceptors (Lipinski definition) is 1. The predicted molar refractivity (Wildman–Crippen MR) is 106 cm³/mol. The average molecular weight is 328 g/mol. The van der Waals surface area contributed by atoms with Crippen molar-refractivity contribution in [2.24, 2.45) is 0 Å². The third kappa shape index (κ3) is 10.5. The maximum Gasteiger partial charge on any atom is 0.122 e. The molecule has 0 aliphatic heterocycles. The van der Waals surface area contributed by atoms with E-state index >= 15 is 0 Å². The van der Waals surface area contributed by atoms with Crippen molar-refractivity contribution in [2.45, 2.75) is 91.4 Å². The van der Waals surface area contributed by atoms with Gasteiger partial charge in [-0.1, -0.05) is 82.8 Å². The Bertz CT molecular complexity index is 270. The zero-order chi connectivity index (χ0) is 16.1. The summed E-state index contributed by atoms with van der Waals surface area (Å²) in [6.07, 6.45) is 11.1. The molecule has 0 atom stereocenters. The lowest BCUT2D eigenvalue weighted by Gasteiger charge is -2.35. The van der Waals surface area contributed by atoms with E-state index in [0.717, 1.165) is 0 Å². The van der Waals surface area contributed by atoms with Crippen LogP contribution >= 0.6 is 0 Å². The van der Waals surface area contributed by atoms with Crippen LogP contribution < -0.4 is 0 Å². The first kappa shape index (κ1) is 21.1. The Morgan fingerprint density at radius 3 is 2.00 bits per heavy atom. The van der Waals surface area contributed by atoms with Gasteiger partial charge >= 0.3 is 0 Å². The molecule has 0 saturated carbocycles. The maximum atomic E-state index is 2.74. The molecule has 21 heavy (non-hydrogen) atoms. The Morgan fingerprint density at radius 2 is 1.48 bits per heavy atom. The second-order valence-electron chi connectivity index (χ2n) is 7.09. The Balaban J connectivity index is 3.51. The zero-order valence-electron chi connectivity index (χ0n) is 15.8. The zero-order valence-corrected chi connectivity index (χ0v) is 18.2. The van der Waals surface area contributed by atoms with Gasteiger partial charge in [0.2, 0.25) is 0 Å². The summed E-state index contributed by atoms with van der Waals surface area (Å²) in [6.45, 7) is 16.7. The van der Waals surface area contributed by atoms with Gasteiger partial charge in [-0.05, 0) is 33.0 Å². The molecular weight excluding hydrogens is 286 g/mol. The van der Waals surface area contributed by atoms with Crippen molar-refractivity contribution in [2.75, 3.05) is 13.1 Å². The van der Waals surface area contributed by atoms with E-state index in [4.69, 9.17) is 0 Å². The van der Waals surface area contributed by atoms with E-state index in [0.29, 0.717) is 0 Å². The highest BCUT2D eigenvalue weighted by molar-refractivity contribution is 6.74. The molecule has 0 bridgehead atoms. The molecule has 0 fully saturated rings. The number of rotatable bonds is 13. The van der Waals surface area contributed by atoms with Gasteiger partial charge < -0.3 is 4.57 Å². The molecule has 0 saturated heterocycles. The second kappa shape index (κ2) is 12.7. The summed E-state index contributed by atoms with van der Waals surface area (Å²) < 4.78 is 2.74. The van der Waals surface area contributed by atoms with Crippen LogP contribution in [0.25, 0.3) is 0 Å². The van der Waals surface area contributed by atoms with E-state index in [1.165, 1.54) is 63.7 Å². The van der Waals surface area contributed by atoms with Gasteiger partial charge in [-0.3, -0.25) is 0 Å². The molecule has 0 amide bonds. The Hall–Kier alpha value is 0.134. The summed E-state index contributed by atoms with van der Waals surface area (Å²) in [5.74, 6) is 0. The van der Waals surface area contributed by atoms with Gasteiger partial charge in [0.25, 0.3) is 0 Å². The van der Waals surface area contributed by atoms with E-state index < -0.39 is 8.24 Å². The second-order valence-corrected chi connectivity index (χ2v) is 14.2. The summed E-state index contributed by atoms with van der Waals surface area (Å²) >= 11 is 0. The number of hydrogen-bond donors (Lipinski definition) is 0. The molecule has 0 aromatic heterocycles. The largest absolute Gasteiger partial charge is 0.324 e. The molecule has 0 N–H and O–H groups in total. The van der Waals surface area contributed by atoms with Crippen LogP contribution in [0.15, 0.2) is 11.3 Å². The fourth-order valence-electron chi connectivity index (χ4n) is 3.23. The smallest absolute Gasteiger partial charge is 0.122 e. The molecule has 1 nitrogen and oxygen atoms in total. The monoisotopic (exact) mass is 327 g/mol. The minimum absolute atomic E-state index is 0.120. The normalized spacial score (nSPS) is 13.8. The number of nitrogens with zero attached hydrogens (tertiary/aromatic N) is 1. The molecule has 0 unspecified atom stereocenters. The first-order valence-electron chi connectivity index (χ1n) is 9.34. The highest BCUT2D eigenvalue weighted by atomic mass is 28.3. The summed E-state index contributed by atoms with van der Waals surface area (Å²) in [7, 11) is -0.979. The molecule has 126 valence electrons. The first-order chi connectivity index (χ1) is 9.97. The van der Waals surface area contributed by atoms with Gasteiger partial charge in [-0.2, -0.15) is 0 Å². The maximum absolute atomic E-state index is 2.74. The van der Waals surface area contributed by atoms with Crippen molar-refractivity contribution >= 4 is 17.8 Å². The molecule has 0 aliphatic carbocycles. The first-order valence-corrected chi connectivity index (χ1v) is 14.2. The average Bonchev–Trinajstić information content (AvgIpc) is 2.46. The quantitative estimate of drug-likeness (QED) is 0.324. The standard InChI is InChI=1S/C18H41NSi2/c1-7-18(4)20-16-14-12-10-11-13-15-17-21(5,6)19(8-2)9-3/h7H,8-17,20H2,1-6H3. The molecule has 0 radical (unpaired) electrons. The van der Waals surface area contributed by atoms with Crippen LogP contribution in [0, 0.1) is 0 Å². The van der Waals surface area contributed by atoms with Gasteiger partial charge in [0.05, 0.1) is 0 Å². The summed E-state index contributed by atoms with van der Waals surface area (Å²) in [4.78, 5) is 0. The molecule has 0 spiro atoms. The molecule has 0 rings (SSSR count). The van der Waals surface area contributed by atoms with Crippen molar-refractivity contribution in [1.29, 1.82) is 0 Å². The summed E-state index contributed by atoms with van der Waals surface area (Å²) in [6, 6.07) is 3.01. The Labute approximate surface area is 138 Å². The highest BCUT2D eigenvalue weighted by Crippen LogP contribution is 2.20. The summed E-state index contributed by atoms with van der Waals surface area (Å²) in [5.41, 5.74) is 0. The minimum atomic E-state index is -1.10. The van der Waals surface area contributed by atoms with Crippen molar-refractivity contribution in [3.05, 3.63) is 11.3 Å². The number of unbranched alkanes of at least 4 members (excludes halogenated alkanes) is 5. The van der Waals surface area contributed by atoms with Crippen LogP contribution in [0.5, 0.6) is 0 Å². The van der Waals surface area contributed by atoms with Crippen LogP contribution in [-0.4, -0.2) is 35.4 Å². The van der Waals surface area contributed by atoms with Crippen LogP contribution in [0.4, 0.5) is 0 Å². The lowest BCUT2D eigenvalue weighted by atomic mass is 10.1. The molecule has 0 aromatic rings. The lowest BCUT2D eigenvalue weighted by Crippen LogP contribution is -2.48. The van der Waals surface area contributed by atoms with Crippen molar-refractivity contribution in [1.82, 2.24) is 4.57 Å². The van der Waals surface area contributed by atoms with E-state index in [-0.39, 0.29) is 9.52 Å².